The average molecular weight is 288 g/mol. The highest BCUT2D eigenvalue weighted by Gasteiger charge is 2.09. The van der Waals surface area contributed by atoms with Crippen LogP contribution in [0.5, 0.6) is 0 Å². The molecule has 0 N–H and O–H groups in total. The number of halogens is 1. The first-order valence-corrected chi connectivity index (χ1v) is 7.82. The molecule has 0 aliphatic rings. The van der Waals surface area contributed by atoms with E-state index in [0.29, 0.717) is 0 Å². The van der Waals surface area contributed by atoms with E-state index in [1.54, 1.807) is 0 Å². The maximum atomic E-state index is 3.65. The second kappa shape index (κ2) is 14.2. The molecule has 0 unspecified atom stereocenters. The lowest BCUT2D eigenvalue weighted by Crippen LogP contribution is -3.00. The molecule has 0 bridgehead atoms. The molecule has 0 aromatic heterocycles. The molecule has 0 spiro atoms. The van der Waals surface area contributed by atoms with Gasteiger partial charge in [0.05, 0.1) is 20.6 Å². The Morgan fingerprint density at radius 2 is 1.26 bits per heavy atom. The van der Waals surface area contributed by atoms with Crippen LogP contribution in [0, 0.1) is 0 Å². The molecule has 19 heavy (non-hydrogen) atoms. The lowest BCUT2D eigenvalue weighted by molar-refractivity contribution is -0.839. The van der Waals surface area contributed by atoms with Gasteiger partial charge in [-0.2, -0.15) is 0 Å². The fourth-order valence-corrected chi connectivity index (χ4v) is 2.32. The number of nitrogens with zero attached hydrogens (tertiary/aromatic N) is 1. The standard InChI is InChI=1S/C17H34N.ClH/c1-5-7-8-9-10-11-12-13-14-15-17-18(3,4)16-6-2;/h16H,2,5,7-15,17H2,1,3-4H3;1H/q+1;/p-1. The van der Waals surface area contributed by atoms with Gasteiger partial charge in [-0.1, -0.05) is 70.6 Å². The van der Waals surface area contributed by atoms with Crippen LogP contribution >= 0.6 is 0 Å². The van der Waals surface area contributed by atoms with Crippen molar-refractivity contribution in [1.82, 2.24) is 0 Å². The van der Waals surface area contributed by atoms with E-state index in [9.17, 15) is 0 Å². The molecular formula is C17H34ClN. The maximum absolute atomic E-state index is 3.65. The molecule has 0 fully saturated rings. The highest BCUT2D eigenvalue weighted by Crippen LogP contribution is 2.11. The Hall–Kier alpha value is -0.230. The Kier molecular flexibility index (Phi) is 15.7. The first kappa shape index (κ1) is 21.1. The third kappa shape index (κ3) is 15.7. The van der Waals surface area contributed by atoms with Crippen molar-refractivity contribution in [3.05, 3.63) is 18.5 Å². The Labute approximate surface area is 127 Å². The van der Waals surface area contributed by atoms with E-state index in [0.717, 1.165) is 4.48 Å². The smallest absolute Gasteiger partial charge is 0.138 e. The summed E-state index contributed by atoms with van der Waals surface area (Å²) in [7, 11) is 4.43. The van der Waals surface area contributed by atoms with Gasteiger partial charge in [-0.3, -0.25) is 4.48 Å². The zero-order valence-electron chi connectivity index (χ0n) is 13.4. The molecule has 0 aromatic carbocycles. The van der Waals surface area contributed by atoms with Gasteiger partial charge >= 0.3 is 0 Å². The van der Waals surface area contributed by atoms with Crippen molar-refractivity contribution in [2.45, 2.75) is 71.1 Å². The van der Waals surface area contributed by atoms with Gasteiger partial charge in [0.2, 0.25) is 0 Å². The van der Waals surface area contributed by atoms with Crippen LogP contribution in [0.25, 0.3) is 0 Å². The predicted octanol–water partition coefficient (Wildman–Crippen LogP) is 2.29. The highest BCUT2D eigenvalue weighted by atomic mass is 35.5. The maximum Gasteiger partial charge on any atom is 0.138 e. The van der Waals surface area contributed by atoms with Crippen LogP contribution in [0.4, 0.5) is 0 Å². The van der Waals surface area contributed by atoms with Crippen LogP contribution in [0.15, 0.2) is 18.5 Å². The molecule has 0 saturated heterocycles. The zero-order chi connectivity index (χ0) is 13.7. The minimum absolute atomic E-state index is 0. The fraction of sp³-hybridized carbons (Fsp3) is 0.824. The van der Waals surface area contributed by atoms with Gasteiger partial charge in [0.25, 0.3) is 0 Å². The summed E-state index contributed by atoms with van der Waals surface area (Å²) in [6.07, 6.45) is 16.1. The summed E-state index contributed by atoms with van der Waals surface area (Å²) in [5.41, 5.74) is 2.89. The van der Waals surface area contributed by atoms with E-state index >= 15 is 0 Å². The molecule has 0 radical (unpaired) electrons. The second-order valence-electron chi connectivity index (χ2n) is 6.02. The van der Waals surface area contributed by atoms with Gasteiger partial charge in [0, 0.05) is 0 Å². The molecule has 0 aliphatic heterocycles. The van der Waals surface area contributed by atoms with Gasteiger partial charge < -0.3 is 12.4 Å². The summed E-state index contributed by atoms with van der Waals surface area (Å²) in [6.45, 7) is 7.14. The largest absolute Gasteiger partial charge is 1.00 e. The molecule has 0 saturated carbocycles. The molecule has 2 heteroatoms. The normalized spacial score (nSPS) is 10.7. The second-order valence-corrected chi connectivity index (χ2v) is 6.02. The molecule has 0 atom stereocenters. The first-order valence-electron chi connectivity index (χ1n) is 7.82. The van der Waals surface area contributed by atoms with Crippen molar-refractivity contribution in [3.63, 3.8) is 0 Å². The molecule has 0 aliphatic carbocycles. The molecule has 0 amide bonds. The number of unbranched alkanes of at least 4 members (excludes halogenated alkanes) is 9. The molecule has 0 aromatic rings. The summed E-state index contributed by atoms with van der Waals surface area (Å²) in [4.78, 5) is 0. The Bertz CT molecular complexity index is 229. The first-order chi connectivity index (χ1) is 8.62. The third-order valence-corrected chi connectivity index (χ3v) is 3.53. The van der Waals surface area contributed by atoms with Crippen LogP contribution in [0.1, 0.15) is 71.1 Å². The minimum atomic E-state index is 0. The van der Waals surface area contributed by atoms with Crippen LogP contribution in [0.3, 0.4) is 0 Å². The molecule has 1 nitrogen and oxygen atoms in total. The third-order valence-electron chi connectivity index (χ3n) is 3.53. The Balaban J connectivity index is 0. The molecule has 0 heterocycles. The van der Waals surface area contributed by atoms with Crippen molar-refractivity contribution in [2.24, 2.45) is 0 Å². The van der Waals surface area contributed by atoms with Gasteiger partial charge in [-0.25, -0.2) is 0 Å². The summed E-state index contributed by atoms with van der Waals surface area (Å²) < 4.78 is 0.917. The van der Waals surface area contributed by atoms with Gasteiger partial charge in [0.1, 0.15) is 6.20 Å². The number of quaternary nitrogens is 1. The van der Waals surface area contributed by atoms with E-state index < -0.39 is 0 Å². The minimum Gasteiger partial charge on any atom is -1.00 e. The van der Waals surface area contributed by atoms with Crippen molar-refractivity contribution in [2.75, 3.05) is 20.6 Å². The monoisotopic (exact) mass is 287 g/mol. The van der Waals surface area contributed by atoms with E-state index in [1.165, 1.54) is 70.8 Å². The number of hydrogen-bond acceptors (Lipinski definition) is 0. The topological polar surface area (TPSA) is 0 Å². The van der Waals surface area contributed by atoms with E-state index in [-0.39, 0.29) is 12.4 Å². The average Bonchev–Trinajstić information content (AvgIpc) is 2.31. The van der Waals surface area contributed by atoms with Crippen molar-refractivity contribution < 1.29 is 16.9 Å². The summed E-state index contributed by atoms with van der Waals surface area (Å²) >= 11 is 0. The van der Waals surface area contributed by atoms with Crippen LogP contribution in [0.2, 0.25) is 0 Å². The van der Waals surface area contributed by atoms with Crippen molar-refractivity contribution in [1.29, 1.82) is 0 Å². The predicted molar refractivity (Wildman–Crippen MR) is 82.5 cm³/mol. The zero-order valence-corrected chi connectivity index (χ0v) is 14.1. The van der Waals surface area contributed by atoms with E-state index in [2.05, 4.69) is 33.3 Å². The van der Waals surface area contributed by atoms with Gasteiger partial charge in [-0.05, 0) is 12.8 Å². The van der Waals surface area contributed by atoms with E-state index in [4.69, 9.17) is 0 Å². The Morgan fingerprint density at radius 3 is 1.68 bits per heavy atom. The van der Waals surface area contributed by atoms with E-state index in [1.807, 2.05) is 6.20 Å². The number of rotatable bonds is 12. The quantitative estimate of drug-likeness (QED) is 0.294. The molecule has 114 valence electrons. The fourth-order valence-electron chi connectivity index (χ4n) is 2.32. The molecular weight excluding hydrogens is 254 g/mol. The van der Waals surface area contributed by atoms with Crippen LogP contribution in [-0.4, -0.2) is 25.1 Å². The highest BCUT2D eigenvalue weighted by molar-refractivity contribution is 4.65. The van der Waals surface area contributed by atoms with Crippen molar-refractivity contribution >= 4 is 0 Å². The Morgan fingerprint density at radius 1 is 0.842 bits per heavy atom. The van der Waals surface area contributed by atoms with Gasteiger partial charge in [0.15, 0.2) is 0 Å². The summed E-state index contributed by atoms with van der Waals surface area (Å²) in [5, 5.41) is 0. The summed E-state index contributed by atoms with van der Waals surface area (Å²) in [5.74, 6) is 0. The lowest BCUT2D eigenvalue weighted by atomic mass is 10.1. The lowest BCUT2D eigenvalue weighted by Gasteiger charge is -2.23. The van der Waals surface area contributed by atoms with Crippen molar-refractivity contribution in [3.8, 4) is 0 Å². The SMILES string of the molecule is C=C=C[N+](C)(C)CCCCCCCCCCCC.[Cl-]. The molecule has 0 rings (SSSR count). The van der Waals surface area contributed by atoms with Crippen LogP contribution in [-0.2, 0) is 0 Å². The summed E-state index contributed by atoms with van der Waals surface area (Å²) in [6, 6.07) is 0. The van der Waals surface area contributed by atoms with Crippen LogP contribution < -0.4 is 12.4 Å². The number of hydrogen-bond donors (Lipinski definition) is 0. The van der Waals surface area contributed by atoms with Gasteiger partial charge in [-0.15, -0.1) is 0 Å².